The first-order valence-corrected chi connectivity index (χ1v) is 4.28. The van der Waals surface area contributed by atoms with Crippen LogP contribution in [0.1, 0.15) is 13.3 Å². The van der Waals surface area contributed by atoms with E-state index in [4.69, 9.17) is 9.47 Å². The Balaban J connectivity index is 3.90. The Labute approximate surface area is 75.9 Å². The summed E-state index contributed by atoms with van der Waals surface area (Å²) in [6, 6.07) is 0.537. The van der Waals surface area contributed by atoms with Crippen molar-refractivity contribution in [3.05, 3.63) is 0 Å². The Morgan fingerprint density at radius 2 is 1.50 bits per heavy atom. The molecule has 0 spiro atoms. The molecule has 3 heteroatoms. The molecule has 0 saturated carbocycles. The lowest BCUT2D eigenvalue weighted by Gasteiger charge is -2.33. The molecular weight excluding hydrogens is 154 g/mol. The fraction of sp³-hybridized carbons (Fsp3) is 1.00. The van der Waals surface area contributed by atoms with Gasteiger partial charge in [-0.2, -0.15) is 0 Å². The summed E-state index contributed by atoms with van der Waals surface area (Å²) >= 11 is 0. The van der Waals surface area contributed by atoms with Crippen LogP contribution in [-0.4, -0.2) is 52.2 Å². The maximum absolute atomic E-state index is 5.13. The predicted octanol–water partition coefficient (Wildman–Crippen LogP) is 1.09. The molecule has 0 amide bonds. The summed E-state index contributed by atoms with van der Waals surface area (Å²) in [7, 11) is 9.88. The molecule has 0 heterocycles. The van der Waals surface area contributed by atoms with Crippen LogP contribution >= 0.6 is 0 Å². The lowest BCUT2D eigenvalue weighted by Crippen LogP contribution is -2.45. The summed E-state index contributed by atoms with van der Waals surface area (Å²) in [6.07, 6.45) is 0.855. The first-order chi connectivity index (χ1) is 5.41. The number of rotatable bonds is 5. The largest absolute Gasteiger partial charge is 0.356 e. The van der Waals surface area contributed by atoms with E-state index in [1.165, 1.54) is 0 Å². The molecule has 0 N–H and O–H groups in total. The number of ether oxygens (including phenoxy) is 2. The Morgan fingerprint density at radius 3 is 1.75 bits per heavy atom. The van der Waals surface area contributed by atoms with Gasteiger partial charge in [0, 0.05) is 14.2 Å². The number of methoxy groups -OCH3 is 2. The van der Waals surface area contributed by atoms with E-state index in [1.54, 1.807) is 14.2 Å². The zero-order valence-corrected chi connectivity index (χ0v) is 9.13. The highest BCUT2D eigenvalue weighted by molar-refractivity contribution is 4.53. The van der Waals surface area contributed by atoms with Gasteiger partial charge in [-0.25, -0.2) is 0 Å². The third-order valence-electron chi connectivity index (χ3n) is 2.38. The topological polar surface area (TPSA) is 18.5 Å². The van der Waals surface area contributed by atoms with E-state index in [9.17, 15) is 0 Å². The monoisotopic (exact) mass is 176 g/mol. The first-order valence-electron chi connectivity index (χ1n) is 4.28. The second-order valence-electron chi connectivity index (χ2n) is 4.10. The molecule has 0 aromatic carbocycles. The van der Waals surface area contributed by atoms with Crippen LogP contribution in [0.25, 0.3) is 0 Å². The summed E-state index contributed by atoms with van der Waals surface area (Å²) in [6.45, 7) is 2.20. The van der Waals surface area contributed by atoms with Crippen molar-refractivity contribution in [1.82, 2.24) is 0 Å². The number of hydrogen-bond acceptors (Lipinski definition) is 2. The smallest absolute Gasteiger partial charge is 0.162 e. The second kappa shape index (κ2) is 4.80. The molecule has 1 unspecified atom stereocenters. The van der Waals surface area contributed by atoms with Crippen molar-refractivity contribution in [2.75, 3.05) is 35.4 Å². The zero-order chi connectivity index (χ0) is 9.78. The average molecular weight is 176 g/mol. The lowest BCUT2D eigenvalue weighted by atomic mass is 10.2. The quantitative estimate of drug-likeness (QED) is 0.461. The van der Waals surface area contributed by atoms with Gasteiger partial charge in [-0.3, -0.25) is 0 Å². The fourth-order valence-electron chi connectivity index (χ4n) is 0.883. The van der Waals surface area contributed by atoms with Crippen molar-refractivity contribution in [2.45, 2.75) is 25.7 Å². The van der Waals surface area contributed by atoms with Crippen molar-refractivity contribution in [1.29, 1.82) is 0 Å². The van der Waals surface area contributed by atoms with Gasteiger partial charge < -0.3 is 14.0 Å². The van der Waals surface area contributed by atoms with Gasteiger partial charge in [0.15, 0.2) is 6.29 Å². The summed E-state index contributed by atoms with van der Waals surface area (Å²) < 4.78 is 11.2. The summed E-state index contributed by atoms with van der Waals surface area (Å²) in [5.41, 5.74) is 0. The molecule has 0 aliphatic rings. The molecule has 0 aliphatic carbocycles. The van der Waals surface area contributed by atoms with Crippen LogP contribution in [0.5, 0.6) is 0 Å². The van der Waals surface area contributed by atoms with Crippen LogP contribution in [0.2, 0.25) is 0 Å². The molecule has 12 heavy (non-hydrogen) atoms. The van der Waals surface area contributed by atoms with Crippen LogP contribution in [0.4, 0.5) is 0 Å². The van der Waals surface area contributed by atoms with E-state index in [0.29, 0.717) is 6.04 Å². The molecule has 0 saturated heterocycles. The van der Waals surface area contributed by atoms with Crippen molar-refractivity contribution < 1.29 is 14.0 Å². The maximum Gasteiger partial charge on any atom is 0.162 e. The molecule has 0 rings (SSSR count). The van der Waals surface area contributed by atoms with Gasteiger partial charge in [0.1, 0.15) is 0 Å². The van der Waals surface area contributed by atoms with Gasteiger partial charge in [0.05, 0.1) is 33.6 Å². The van der Waals surface area contributed by atoms with E-state index >= 15 is 0 Å². The number of nitrogens with zero attached hydrogens (tertiary/aromatic N) is 1. The molecular formula is C9H22NO2+. The lowest BCUT2D eigenvalue weighted by molar-refractivity contribution is -0.895. The summed E-state index contributed by atoms with van der Waals surface area (Å²) in [5.74, 6) is 0. The Bertz CT molecular complexity index is 116. The summed E-state index contributed by atoms with van der Waals surface area (Å²) in [4.78, 5) is 0. The average Bonchev–Trinajstić information content (AvgIpc) is 1.97. The third-order valence-corrected chi connectivity index (χ3v) is 2.38. The van der Waals surface area contributed by atoms with Crippen LogP contribution in [0.15, 0.2) is 0 Å². The van der Waals surface area contributed by atoms with Crippen molar-refractivity contribution >= 4 is 0 Å². The van der Waals surface area contributed by atoms with Crippen LogP contribution in [0, 0.1) is 0 Å². The van der Waals surface area contributed by atoms with Gasteiger partial charge >= 0.3 is 0 Å². The van der Waals surface area contributed by atoms with E-state index < -0.39 is 0 Å². The molecule has 0 aliphatic heterocycles. The molecule has 74 valence electrons. The second-order valence-corrected chi connectivity index (χ2v) is 4.10. The van der Waals surface area contributed by atoms with E-state index in [2.05, 4.69) is 28.1 Å². The van der Waals surface area contributed by atoms with Gasteiger partial charge in [-0.1, -0.05) is 0 Å². The minimum atomic E-state index is -0.0719. The number of quaternary nitrogens is 1. The van der Waals surface area contributed by atoms with Gasteiger partial charge in [-0.05, 0) is 6.92 Å². The standard InChI is InChI=1S/C9H22NO2/c1-8(10(2,3)4)7-9(11-5)12-6/h8-9H,7H2,1-6H3/q+1. The summed E-state index contributed by atoms with van der Waals surface area (Å²) in [5, 5.41) is 0. The molecule has 0 radical (unpaired) electrons. The normalized spacial score (nSPS) is 15.2. The van der Waals surface area contributed by atoms with Crippen LogP contribution < -0.4 is 0 Å². The van der Waals surface area contributed by atoms with E-state index in [-0.39, 0.29) is 6.29 Å². The Hall–Kier alpha value is -0.120. The minimum absolute atomic E-state index is 0.0719. The van der Waals surface area contributed by atoms with Gasteiger partial charge in [-0.15, -0.1) is 0 Å². The molecule has 1 atom stereocenters. The maximum atomic E-state index is 5.13. The van der Waals surface area contributed by atoms with Gasteiger partial charge in [0.2, 0.25) is 0 Å². The van der Waals surface area contributed by atoms with Crippen molar-refractivity contribution in [3.8, 4) is 0 Å². The number of hydrogen-bond donors (Lipinski definition) is 0. The fourth-order valence-corrected chi connectivity index (χ4v) is 0.883. The van der Waals surface area contributed by atoms with Crippen LogP contribution in [0.3, 0.4) is 0 Å². The third kappa shape index (κ3) is 4.04. The van der Waals surface area contributed by atoms with Gasteiger partial charge in [0.25, 0.3) is 0 Å². The first kappa shape index (κ1) is 11.9. The van der Waals surface area contributed by atoms with Crippen LogP contribution in [-0.2, 0) is 9.47 Å². The van der Waals surface area contributed by atoms with Crippen molar-refractivity contribution in [2.24, 2.45) is 0 Å². The predicted molar refractivity (Wildman–Crippen MR) is 49.9 cm³/mol. The van der Waals surface area contributed by atoms with E-state index in [1.807, 2.05) is 0 Å². The Morgan fingerprint density at radius 1 is 1.08 bits per heavy atom. The SMILES string of the molecule is COC(CC(C)[N+](C)(C)C)OC. The minimum Gasteiger partial charge on any atom is -0.356 e. The molecule has 3 nitrogen and oxygen atoms in total. The molecule has 0 aromatic heterocycles. The molecule has 0 fully saturated rings. The highest BCUT2D eigenvalue weighted by atomic mass is 16.7. The van der Waals surface area contributed by atoms with Crippen molar-refractivity contribution in [3.63, 3.8) is 0 Å². The Kier molecular flexibility index (Phi) is 4.75. The molecule has 0 aromatic rings. The zero-order valence-electron chi connectivity index (χ0n) is 9.13. The highest BCUT2D eigenvalue weighted by Gasteiger charge is 2.22. The van der Waals surface area contributed by atoms with E-state index in [0.717, 1.165) is 10.9 Å². The highest BCUT2D eigenvalue weighted by Crippen LogP contribution is 2.11. The molecule has 0 bridgehead atoms.